The highest BCUT2D eigenvalue weighted by Gasteiger charge is 2.21. The van der Waals surface area contributed by atoms with E-state index in [0.29, 0.717) is 6.42 Å². The number of nitro groups is 1. The molecule has 0 aliphatic heterocycles. The third kappa shape index (κ3) is 4.77. The molecule has 0 bridgehead atoms. The first-order valence-corrected chi connectivity index (χ1v) is 6.47. The number of methoxy groups -OCH3 is 2. The number of hydrogen-bond donors (Lipinski definition) is 1. The summed E-state index contributed by atoms with van der Waals surface area (Å²) in [7, 11) is 2.79. The van der Waals surface area contributed by atoms with Crippen molar-refractivity contribution in [1.82, 2.24) is 0 Å². The Balaban J connectivity index is 3.05. The largest absolute Gasteiger partial charge is 0.493 e. The van der Waals surface area contributed by atoms with Crippen LogP contribution in [0.2, 0.25) is 0 Å². The van der Waals surface area contributed by atoms with Gasteiger partial charge in [-0.2, -0.15) is 0 Å². The van der Waals surface area contributed by atoms with Crippen LogP contribution in [-0.4, -0.2) is 31.9 Å². The van der Waals surface area contributed by atoms with Crippen molar-refractivity contribution in [3.63, 3.8) is 0 Å². The molecule has 0 saturated carbocycles. The van der Waals surface area contributed by atoms with Crippen molar-refractivity contribution in [2.45, 2.75) is 19.8 Å². The normalized spacial score (nSPS) is 9.95. The third-order valence-corrected chi connectivity index (χ3v) is 2.54. The van der Waals surface area contributed by atoms with E-state index in [-0.39, 0.29) is 36.1 Å². The number of rotatable bonds is 9. The molecule has 0 heterocycles. The molecule has 0 atom stereocenters. The van der Waals surface area contributed by atoms with Crippen LogP contribution in [-0.2, 0) is 14.4 Å². The van der Waals surface area contributed by atoms with Gasteiger partial charge in [-0.1, -0.05) is 6.92 Å². The van der Waals surface area contributed by atoms with Gasteiger partial charge in [-0.15, -0.1) is 0 Å². The van der Waals surface area contributed by atoms with Gasteiger partial charge in [-0.05, 0) is 6.42 Å². The summed E-state index contributed by atoms with van der Waals surface area (Å²) in [6.45, 7) is 1.75. The lowest BCUT2D eigenvalue weighted by atomic mass is 10.2. The van der Waals surface area contributed by atoms with E-state index in [4.69, 9.17) is 19.0 Å². The molecule has 1 aromatic carbocycles. The molecule has 0 aromatic heterocycles. The number of nitrogens with zero attached hydrogens (tertiary/aromatic N) is 1. The second kappa shape index (κ2) is 8.67. The zero-order chi connectivity index (χ0) is 16.5. The molecular weight excluding hydrogens is 296 g/mol. The van der Waals surface area contributed by atoms with Gasteiger partial charge < -0.3 is 19.0 Å². The van der Waals surface area contributed by atoms with Crippen LogP contribution in [0.15, 0.2) is 12.1 Å². The van der Waals surface area contributed by atoms with Gasteiger partial charge in [0.25, 0.3) is 5.69 Å². The predicted molar refractivity (Wildman–Crippen MR) is 76.8 cm³/mol. The molecule has 9 heteroatoms. The van der Waals surface area contributed by atoms with Crippen LogP contribution in [0.4, 0.5) is 11.4 Å². The standard InChI is InChI=1S/C13H18N2O7/c1-4-5-13(16)22-14-9-6-12(21-8-19-2)11(20-3)7-10(9)15(17)18/h6-7,14H,4-5,8H2,1-3H3. The summed E-state index contributed by atoms with van der Waals surface area (Å²) in [5, 5.41) is 11.1. The van der Waals surface area contributed by atoms with Crippen molar-refractivity contribution in [3.05, 3.63) is 22.2 Å². The maximum atomic E-state index is 11.3. The Hall–Kier alpha value is -2.55. The molecule has 122 valence electrons. The molecule has 1 aromatic rings. The average molecular weight is 314 g/mol. The number of hydrogen-bond acceptors (Lipinski definition) is 8. The summed E-state index contributed by atoms with van der Waals surface area (Å²) in [5.41, 5.74) is 1.94. The van der Waals surface area contributed by atoms with Crippen molar-refractivity contribution < 1.29 is 28.8 Å². The molecule has 0 unspecified atom stereocenters. The molecule has 1 N–H and O–H groups in total. The van der Waals surface area contributed by atoms with E-state index in [1.165, 1.54) is 26.4 Å². The number of benzene rings is 1. The van der Waals surface area contributed by atoms with Crippen molar-refractivity contribution in [2.24, 2.45) is 0 Å². The molecule has 0 fully saturated rings. The third-order valence-electron chi connectivity index (χ3n) is 2.54. The first kappa shape index (κ1) is 17.5. The van der Waals surface area contributed by atoms with E-state index >= 15 is 0 Å². The molecule has 0 spiro atoms. The minimum atomic E-state index is -0.626. The van der Waals surface area contributed by atoms with E-state index < -0.39 is 10.9 Å². The minimum Gasteiger partial charge on any atom is -0.493 e. The van der Waals surface area contributed by atoms with Gasteiger partial charge in [0.2, 0.25) is 0 Å². The van der Waals surface area contributed by atoms with E-state index in [1.807, 2.05) is 6.92 Å². The zero-order valence-corrected chi connectivity index (χ0v) is 12.6. The van der Waals surface area contributed by atoms with Crippen molar-refractivity contribution in [3.8, 4) is 11.5 Å². The summed E-state index contributed by atoms with van der Waals surface area (Å²) in [4.78, 5) is 26.6. The molecule has 1 rings (SSSR count). The number of nitro benzene ring substituents is 1. The molecule has 0 aliphatic rings. The Kier molecular flexibility index (Phi) is 6.90. The fourth-order valence-corrected chi connectivity index (χ4v) is 1.54. The van der Waals surface area contributed by atoms with Crippen molar-refractivity contribution in [2.75, 3.05) is 26.5 Å². The molecule has 0 amide bonds. The monoisotopic (exact) mass is 314 g/mol. The summed E-state index contributed by atoms with van der Waals surface area (Å²) in [6.07, 6.45) is 0.803. The molecule has 0 saturated heterocycles. The Morgan fingerprint density at radius 2 is 2.05 bits per heavy atom. The van der Waals surface area contributed by atoms with Gasteiger partial charge in [0, 0.05) is 19.6 Å². The summed E-state index contributed by atoms with van der Waals surface area (Å²) in [5.74, 6) is -0.148. The highest BCUT2D eigenvalue weighted by Crippen LogP contribution is 2.37. The van der Waals surface area contributed by atoms with Crippen molar-refractivity contribution in [1.29, 1.82) is 0 Å². The van der Waals surface area contributed by atoms with Gasteiger partial charge in [-0.25, -0.2) is 10.3 Å². The molecule has 0 aliphatic carbocycles. The smallest absolute Gasteiger partial charge is 0.332 e. The van der Waals surface area contributed by atoms with E-state index in [0.717, 1.165) is 0 Å². The van der Waals surface area contributed by atoms with Crippen LogP contribution in [0.1, 0.15) is 19.8 Å². The maximum absolute atomic E-state index is 11.3. The summed E-state index contributed by atoms with van der Waals surface area (Å²) in [6, 6.07) is 2.47. The van der Waals surface area contributed by atoms with Crippen LogP contribution in [0, 0.1) is 10.1 Å². The van der Waals surface area contributed by atoms with Crippen LogP contribution in [0.25, 0.3) is 0 Å². The second-order valence-electron chi connectivity index (χ2n) is 4.15. The number of ether oxygens (including phenoxy) is 3. The second-order valence-corrected chi connectivity index (χ2v) is 4.15. The van der Waals surface area contributed by atoms with Gasteiger partial charge in [-0.3, -0.25) is 10.1 Å². The van der Waals surface area contributed by atoms with Crippen LogP contribution in [0.5, 0.6) is 11.5 Å². The highest BCUT2D eigenvalue weighted by molar-refractivity contribution is 5.73. The topological polar surface area (TPSA) is 109 Å². The Labute approximate surface area is 127 Å². The fourth-order valence-electron chi connectivity index (χ4n) is 1.54. The number of carbonyl (C=O) groups is 1. The van der Waals surface area contributed by atoms with E-state index in [2.05, 4.69) is 5.48 Å². The lowest BCUT2D eigenvalue weighted by molar-refractivity contribution is -0.384. The zero-order valence-electron chi connectivity index (χ0n) is 12.6. The lowest BCUT2D eigenvalue weighted by Gasteiger charge is -2.13. The SMILES string of the molecule is CCCC(=O)ONc1cc(OCOC)c(OC)cc1[N+](=O)[O-]. The first-order chi connectivity index (χ1) is 10.5. The predicted octanol–water partition coefficient (Wildman–Crippen LogP) is 2.26. The van der Waals surface area contributed by atoms with Gasteiger partial charge in [0.15, 0.2) is 24.0 Å². The van der Waals surface area contributed by atoms with Crippen LogP contribution in [0.3, 0.4) is 0 Å². The molecule has 9 nitrogen and oxygen atoms in total. The number of anilines is 1. The van der Waals surface area contributed by atoms with Gasteiger partial charge in [0.1, 0.15) is 0 Å². The Morgan fingerprint density at radius 1 is 1.32 bits per heavy atom. The van der Waals surface area contributed by atoms with Crippen molar-refractivity contribution >= 4 is 17.3 Å². The minimum absolute atomic E-state index is 0.0265. The van der Waals surface area contributed by atoms with Gasteiger partial charge >= 0.3 is 5.97 Å². The molecular formula is C13H18N2O7. The Bertz CT molecular complexity index is 533. The van der Waals surface area contributed by atoms with E-state index in [9.17, 15) is 14.9 Å². The molecule has 22 heavy (non-hydrogen) atoms. The highest BCUT2D eigenvalue weighted by atomic mass is 16.7. The average Bonchev–Trinajstić information content (AvgIpc) is 2.50. The summed E-state index contributed by atoms with van der Waals surface area (Å²) < 4.78 is 15.1. The van der Waals surface area contributed by atoms with E-state index in [1.54, 1.807) is 0 Å². The summed E-state index contributed by atoms with van der Waals surface area (Å²) >= 11 is 0. The van der Waals surface area contributed by atoms with Gasteiger partial charge in [0.05, 0.1) is 18.1 Å². The molecule has 0 radical (unpaired) electrons. The first-order valence-electron chi connectivity index (χ1n) is 6.47. The Morgan fingerprint density at radius 3 is 2.59 bits per heavy atom. The number of carbonyl (C=O) groups excluding carboxylic acids is 1. The fraction of sp³-hybridized carbons (Fsp3) is 0.462. The van der Waals surface area contributed by atoms with Crippen LogP contribution >= 0.6 is 0 Å². The quantitative estimate of drug-likeness (QED) is 0.420. The number of nitrogens with one attached hydrogen (secondary N) is 1. The lowest BCUT2D eigenvalue weighted by Crippen LogP contribution is -2.11. The van der Waals surface area contributed by atoms with Crippen LogP contribution < -0.4 is 15.0 Å². The maximum Gasteiger partial charge on any atom is 0.332 e.